The van der Waals surface area contributed by atoms with E-state index < -0.39 is 18.4 Å². The Morgan fingerprint density at radius 3 is 1.64 bits per heavy atom. The standard InChI is InChI=1S/C10H10.3C4H9.C3H9P.CH3.Sn/c1-8-6-9-4-2-3-5-10(9)7-8;3*1-3-4-2;1-4(2)3;;/h2-6H,7H2,1H3;3*1,3-4H2,2H3;1-3H3;1H3;. The first-order valence-electron chi connectivity index (χ1n) is 11.6. The Morgan fingerprint density at radius 1 is 0.821 bits per heavy atom. The third-order valence-corrected chi connectivity index (χ3v) is 18.7. The summed E-state index contributed by atoms with van der Waals surface area (Å²) in [5.74, 6) is 0. The van der Waals surface area contributed by atoms with Gasteiger partial charge in [-0.3, -0.25) is 0 Å². The molecule has 0 aromatic heterocycles. The topological polar surface area (TPSA) is 0 Å². The largest absolute Gasteiger partial charge is 0.116 e. The minimum atomic E-state index is -1.56. The van der Waals surface area contributed by atoms with Crippen LogP contribution in [0.3, 0.4) is 0 Å². The molecule has 1 aliphatic carbocycles. The SMILES string of the molecule is CC1=Cc2ccccc2C1.CCC[CH2][Sn]([CH3])([CH2]CCC)[CH2]CCC.CP(C)C. The fourth-order valence-corrected chi connectivity index (χ4v) is 16.1. The summed E-state index contributed by atoms with van der Waals surface area (Å²) in [6.07, 6.45) is 12.2. The molecule has 0 atom stereocenters. The summed E-state index contributed by atoms with van der Waals surface area (Å²) in [5.41, 5.74) is 4.35. The number of unbranched alkanes of at least 4 members (excludes halogenated alkanes) is 3. The minimum absolute atomic E-state index is 0.380. The van der Waals surface area contributed by atoms with Crippen LogP contribution < -0.4 is 0 Å². The zero-order valence-corrected chi connectivity index (χ0v) is 24.2. The fourth-order valence-electron chi connectivity index (χ4n) is 3.64. The van der Waals surface area contributed by atoms with Crippen LogP contribution in [-0.2, 0) is 6.42 Å². The molecule has 0 fully saturated rings. The van der Waals surface area contributed by atoms with Crippen molar-refractivity contribution < 1.29 is 0 Å². The van der Waals surface area contributed by atoms with Gasteiger partial charge in [-0.25, -0.2) is 0 Å². The third kappa shape index (κ3) is 14.2. The first-order valence-corrected chi connectivity index (χ1v) is 23.2. The van der Waals surface area contributed by atoms with Gasteiger partial charge in [0.1, 0.15) is 0 Å². The molecule has 1 aliphatic rings. The molecule has 0 spiro atoms. The maximum absolute atomic E-state index is 2.72. The summed E-state index contributed by atoms with van der Waals surface area (Å²) in [6.45, 7) is 15.9. The molecule has 162 valence electrons. The number of hydrogen-bond donors (Lipinski definition) is 0. The molecule has 28 heavy (non-hydrogen) atoms. The molecule has 1 aromatic rings. The summed E-state index contributed by atoms with van der Waals surface area (Å²) < 4.78 is 4.97. The average Bonchev–Trinajstić information content (AvgIpc) is 3.03. The van der Waals surface area contributed by atoms with Gasteiger partial charge in [-0.1, -0.05) is 35.9 Å². The molecule has 0 saturated heterocycles. The van der Waals surface area contributed by atoms with Crippen molar-refractivity contribution in [3.05, 3.63) is 41.0 Å². The first-order chi connectivity index (χ1) is 13.3. The summed E-state index contributed by atoms with van der Waals surface area (Å²) in [4.78, 5) is 2.72. The van der Waals surface area contributed by atoms with E-state index in [1.165, 1.54) is 55.2 Å². The Labute approximate surface area is 183 Å². The van der Waals surface area contributed by atoms with E-state index in [-0.39, 0.29) is 0 Å². The number of rotatable bonds is 9. The summed E-state index contributed by atoms with van der Waals surface area (Å²) in [7, 11) is 0.380. The van der Waals surface area contributed by atoms with Crippen molar-refractivity contribution in [2.24, 2.45) is 0 Å². The molecule has 1 aromatic carbocycles. The number of allylic oxidation sites excluding steroid dienone is 1. The first kappa shape index (κ1) is 28.2. The molecule has 0 radical (unpaired) electrons. The Kier molecular flexibility index (Phi) is 17.0. The third-order valence-electron chi connectivity index (χ3n) is 5.33. The second-order valence-corrected chi connectivity index (χ2v) is 26.6. The van der Waals surface area contributed by atoms with Crippen molar-refractivity contribution in [2.75, 3.05) is 20.0 Å². The molecule has 0 heterocycles. The quantitative estimate of drug-likeness (QED) is 0.229. The minimum Gasteiger partial charge on any atom is -0.116 e. The van der Waals surface area contributed by atoms with Gasteiger partial charge in [-0.15, -0.1) is 7.92 Å². The second-order valence-electron chi connectivity index (χ2n) is 9.33. The molecule has 0 N–H and O–H groups in total. The summed E-state index contributed by atoms with van der Waals surface area (Å²) in [6, 6.07) is 8.56. The van der Waals surface area contributed by atoms with Crippen LogP contribution in [0.25, 0.3) is 6.08 Å². The molecule has 0 aliphatic heterocycles. The van der Waals surface area contributed by atoms with Crippen LogP contribution in [0.1, 0.15) is 77.3 Å². The van der Waals surface area contributed by atoms with E-state index in [0.29, 0.717) is 7.92 Å². The Balaban J connectivity index is 0.000000449. The Morgan fingerprint density at radius 2 is 1.25 bits per heavy atom. The normalized spacial score (nSPS) is 12.5. The van der Waals surface area contributed by atoms with Crippen molar-refractivity contribution in [1.29, 1.82) is 0 Å². The Bertz CT molecular complexity index is 508. The van der Waals surface area contributed by atoms with Crippen LogP contribution >= 0.6 is 7.92 Å². The van der Waals surface area contributed by atoms with Gasteiger partial charge in [0.25, 0.3) is 0 Å². The van der Waals surface area contributed by atoms with Crippen LogP contribution in [-0.4, -0.2) is 38.4 Å². The van der Waals surface area contributed by atoms with E-state index in [1.807, 2.05) is 0 Å². The van der Waals surface area contributed by atoms with Crippen molar-refractivity contribution in [1.82, 2.24) is 0 Å². The molecule has 0 amide bonds. The van der Waals surface area contributed by atoms with E-state index in [2.05, 4.69) is 83.0 Å². The number of benzene rings is 1. The number of hydrogen-bond acceptors (Lipinski definition) is 0. The van der Waals surface area contributed by atoms with Gasteiger partial charge < -0.3 is 0 Å². The molecular weight excluding hydrogens is 462 g/mol. The van der Waals surface area contributed by atoms with Gasteiger partial charge >= 0.3 is 95.9 Å². The van der Waals surface area contributed by atoms with E-state index in [4.69, 9.17) is 0 Å². The molecule has 0 bridgehead atoms. The summed E-state index contributed by atoms with van der Waals surface area (Å²) >= 11 is -1.56. The van der Waals surface area contributed by atoms with Crippen molar-refractivity contribution >= 4 is 32.4 Å². The molecule has 0 unspecified atom stereocenters. The smallest absolute Gasteiger partial charge is 0.0449 e. The zero-order chi connectivity index (χ0) is 21.4. The van der Waals surface area contributed by atoms with Crippen molar-refractivity contribution in [3.63, 3.8) is 0 Å². The van der Waals surface area contributed by atoms with Gasteiger partial charge in [0.2, 0.25) is 0 Å². The molecule has 0 saturated carbocycles. The maximum atomic E-state index is 2.72. The van der Waals surface area contributed by atoms with Gasteiger partial charge in [0.15, 0.2) is 0 Å². The maximum Gasteiger partial charge on any atom is -0.0449 e. The van der Waals surface area contributed by atoms with E-state index in [1.54, 1.807) is 13.3 Å². The van der Waals surface area contributed by atoms with Gasteiger partial charge in [0.05, 0.1) is 0 Å². The van der Waals surface area contributed by atoms with Crippen LogP contribution in [0.2, 0.25) is 18.2 Å². The molecular formula is C26H49PSn. The summed E-state index contributed by atoms with van der Waals surface area (Å²) in [5, 5.41) is 0. The second kappa shape index (κ2) is 16.9. The van der Waals surface area contributed by atoms with E-state index in [0.717, 1.165) is 6.42 Å². The monoisotopic (exact) mass is 512 g/mol. The molecule has 2 heteroatoms. The van der Waals surface area contributed by atoms with Crippen LogP contribution in [0.15, 0.2) is 29.8 Å². The van der Waals surface area contributed by atoms with Gasteiger partial charge in [-0.05, 0) is 44.5 Å². The predicted octanol–water partition coefficient (Wildman–Crippen LogP) is 9.47. The van der Waals surface area contributed by atoms with E-state index >= 15 is 0 Å². The average molecular weight is 511 g/mol. The van der Waals surface area contributed by atoms with Crippen LogP contribution in [0, 0.1) is 0 Å². The van der Waals surface area contributed by atoms with Crippen molar-refractivity contribution in [2.45, 2.75) is 90.9 Å². The zero-order valence-electron chi connectivity index (χ0n) is 20.4. The number of fused-ring (bicyclic) bond motifs is 1. The fraction of sp³-hybridized carbons (Fsp3) is 0.692. The predicted molar refractivity (Wildman–Crippen MR) is 139 cm³/mol. The van der Waals surface area contributed by atoms with Crippen molar-refractivity contribution in [3.8, 4) is 0 Å². The molecule has 2 rings (SSSR count). The Hall–Kier alpha value is 0.189. The van der Waals surface area contributed by atoms with Crippen LogP contribution in [0.5, 0.6) is 0 Å². The van der Waals surface area contributed by atoms with Crippen LogP contribution in [0.4, 0.5) is 0 Å². The molecule has 0 nitrogen and oxygen atoms in total. The van der Waals surface area contributed by atoms with Gasteiger partial charge in [-0.2, -0.15) is 0 Å². The van der Waals surface area contributed by atoms with E-state index in [9.17, 15) is 0 Å². The van der Waals surface area contributed by atoms with Gasteiger partial charge in [0, 0.05) is 0 Å².